The molecule has 11 aromatic carbocycles. The normalized spacial score (nSPS) is 11.6. The van der Waals surface area contributed by atoms with Gasteiger partial charge < -0.3 is 0 Å². The molecule has 21 rings (SSSR count). The first kappa shape index (κ1) is 61.4. The fraction of sp³-hybridized carbons (Fsp3) is 0. The minimum absolute atomic E-state index is 0.903. The monoisotopic (exact) mass is 1350 g/mol. The van der Waals surface area contributed by atoms with Gasteiger partial charge in [0.15, 0.2) is 0 Å². The van der Waals surface area contributed by atoms with E-state index >= 15 is 0 Å². The third kappa shape index (κ3) is 11.6. The van der Waals surface area contributed by atoms with E-state index in [4.69, 9.17) is 34.9 Å². The van der Waals surface area contributed by atoms with Crippen molar-refractivity contribution < 1.29 is 0 Å². The van der Waals surface area contributed by atoms with E-state index in [1.807, 2.05) is 79.3 Å². The molecule has 0 bridgehead atoms. The fourth-order valence-electron chi connectivity index (χ4n) is 14.5. The van der Waals surface area contributed by atoms with E-state index in [0.717, 1.165) is 210 Å². The SMILES string of the molecule is c1ccc(-c2ccc3ccc4ccc(-c5ccc(-c6ccc7cc(-c8ccc9ccc(-c%10cnc%11ccccc%11c%10)nc9c8)ccc7n6)cc5)nc4c3n2)cc1.c1ccc2ncc(-c3ccc4ccc(-c5ccc6nc(-c7ccc(-c8ccc9ccc%10cccnc%10c9n8)cc7)ccc6c5)cc4n3)cc2c1. The van der Waals surface area contributed by atoms with Gasteiger partial charge in [0.2, 0.25) is 0 Å². The second-order valence-electron chi connectivity index (χ2n) is 26.8. The molecule has 10 aromatic heterocycles. The number of rotatable bonds is 9. The zero-order chi connectivity index (χ0) is 70.0. The molecule has 0 spiro atoms. The summed E-state index contributed by atoms with van der Waals surface area (Å²) in [7, 11) is 0. The summed E-state index contributed by atoms with van der Waals surface area (Å²) >= 11 is 0. The molecule has 0 atom stereocenters. The van der Waals surface area contributed by atoms with Crippen molar-refractivity contribution in [3.8, 4) is 101 Å². The molecule has 0 radical (unpaired) electrons. The molecule has 21 aromatic rings. The predicted octanol–water partition coefficient (Wildman–Crippen LogP) is 23.9. The van der Waals surface area contributed by atoms with Crippen LogP contribution in [-0.2, 0) is 0 Å². The molecule has 0 saturated heterocycles. The van der Waals surface area contributed by atoms with Gasteiger partial charge in [-0.3, -0.25) is 15.0 Å². The Morgan fingerprint density at radius 2 is 0.425 bits per heavy atom. The molecule has 0 aliphatic heterocycles. The van der Waals surface area contributed by atoms with Gasteiger partial charge in [-0.15, -0.1) is 0 Å². The van der Waals surface area contributed by atoms with Gasteiger partial charge in [0.25, 0.3) is 0 Å². The highest BCUT2D eigenvalue weighted by Gasteiger charge is 2.15. The Hall–Kier alpha value is -14.5. The lowest BCUT2D eigenvalue weighted by molar-refractivity contribution is 1.35. The summed E-state index contributed by atoms with van der Waals surface area (Å²) in [6, 6.07) is 116. The zero-order valence-corrected chi connectivity index (χ0v) is 57.0. The molecule has 106 heavy (non-hydrogen) atoms. The Balaban J connectivity index is 0.000000141. The van der Waals surface area contributed by atoms with Crippen LogP contribution in [0.1, 0.15) is 0 Å². The Morgan fingerprint density at radius 1 is 0.142 bits per heavy atom. The molecule has 0 aliphatic rings. The van der Waals surface area contributed by atoms with E-state index in [2.05, 4.69) is 288 Å². The highest BCUT2D eigenvalue weighted by Crippen LogP contribution is 2.36. The Morgan fingerprint density at radius 3 is 0.877 bits per heavy atom. The van der Waals surface area contributed by atoms with E-state index in [0.29, 0.717) is 0 Å². The van der Waals surface area contributed by atoms with Crippen molar-refractivity contribution in [2.75, 3.05) is 0 Å². The molecule has 0 unspecified atom stereocenters. The topological polar surface area (TPSA) is 129 Å². The lowest BCUT2D eigenvalue weighted by atomic mass is 10.0. The van der Waals surface area contributed by atoms with Crippen LogP contribution in [0.3, 0.4) is 0 Å². The van der Waals surface area contributed by atoms with Crippen molar-refractivity contribution in [1.82, 2.24) is 49.8 Å². The van der Waals surface area contributed by atoms with Crippen LogP contribution in [0, 0.1) is 0 Å². The smallest absolute Gasteiger partial charge is 0.0972 e. The molecule has 10 heterocycles. The third-order valence-electron chi connectivity index (χ3n) is 20.2. The minimum atomic E-state index is 0.903. The Kier molecular flexibility index (Phi) is 15.0. The largest absolute Gasteiger partial charge is 0.256 e. The van der Waals surface area contributed by atoms with Gasteiger partial charge in [0.1, 0.15) is 0 Å². The quantitative estimate of drug-likeness (QED) is 0.129. The number of fused-ring (bicyclic) bond motifs is 12. The summed E-state index contributed by atoms with van der Waals surface area (Å²) in [6.07, 6.45) is 5.63. The first-order valence-electron chi connectivity index (χ1n) is 35.4. The fourth-order valence-corrected chi connectivity index (χ4v) is 14.5. The molecule has 10 nitrogen and oxygen atoms in total. The standard InChI is InChI=1S/C51H31N5.C45H27N5/c1-2-6-32(7-3-1)45-24-19-36-15-16-37-20-25-46(56-51(37)50(36)55-45)34-12-10-33(11-13-34)44-27-22-41-28-38(21-26-47(41)53-44)39-17-14-35-18-23-48(54-49(35)30-39)42-29-40-8-4-5-9-43(40)52-31-42;1-2-6-38-35(4-1)25-37(27-47-38)42-19-15-30-11-14-34(26-43(30)49-42)33-17-21-41-36(24-33)18-22-39(48-41)28-7-9-29(10-8-28)40-20-16-32-13-12-31-5-3-23-46-44(31)45(32)50-40/h1-31H;1-27H. The summed E-state index contributed by atoms with van der Waals surface area (Å²) < 4.78 is 0. The number of hydrogen-bond donors (Lipinski definition) is 0. The molecule has 0 aliphatic carbocycles. The first-order chi connectivity index (χ1) is 52.4. The molecular weight excluding hydrogens is 1290 g/mol. The first-order valence-corrected chi connectivity index (χ1v) is 35.4. The summed E-state index contributed by atoms with van der Waals surface area (Å²) in [5, 5.41) is 10.9. The number of nitrogens with zero attached hydrogens (tertiary/aromatic N) is 10. The summed E-state index contributed by atoms with van der Waals surface area (Å²) in [5.74, 6) is 0. The Labute approximate surface area is 608 Å². The van der Waals surface area contributed by atoms with Crippen molar-refractivity contribution in [3.63, 3.8) is 0 Å². The average molecular weight is 1350 g/mol. The molecule has 0 saturated carbocycles. The maximum Gasteiger partial charge on any atom is 0.0972 e. The highest BCUT2D eigenvalue weighted by molar-refractivity contribution is 6.05. The van der Waals surface area contributed by atoms with Crippen LogP contribution in [0.2, 0.25) is 0 Å². The maximum absolute atomic E-state index is 5.15. The number of para-hydroxylation sites is 2. The second-order valence-corrected chi connectivity index (χ2v) is 26.8. The van der Waals surface area contributed by atoms with E-state index in [1.54, 1.807) is 0 Å². The average Bonchev–Trinajstić information content (AvgIpc) is 0.775. The number of aromatic nitrogens is 10. The van der Waals surface area contributed by atoms with Crippen molar-refractivity contribution in [2.24, 2.45) is 0 Å². The number of pyridine rings is 10. The van der Waals surface area contributed by atoms with Gasteiger partial charge in [-0.1, -0.05) is 224 Å². The number of benzene rings is 11. The van der Waals surface area contributed by atoms with E-state index in [-0.39, 0.29) is 0 Å². The molecule has 0 N–H and O–H groups in total. The van der Waals surface area contributed by atoms with Crippen LogP contribution in [0.15, 0.2) is 352 Å². The Bertz CT molecular complexity index is 7090. The van der Waals surface area contributed by atoms with Gasteiger partial charge in [-0.2, -0.15) is 0 Å². The molecule has 492 valence electrons. The minimum Gasteiger partial charge on any atom is -0.256 e. The van der Waals surface area contributed by atoms with Gasteiger partial charge in [-0.25, -0.2) is 34.9 Å². The van der Waals surface area contributed by atoms with Crippen LogP contribution in [0.5, 0.6) is 0 Å². The third-order valence-corrected chi connectivity index (χ3v) is 20.2. The lowest BCUT2D eigenvalue weighted by Crippen LogP contribution is -1.91. The van der Waals surface area contributed by atoms with Crippen LogP contribution in [-0.4, -0.2) is 49.8 Å². The number of hydrogen-bond acceptors (Lipinski definition) is 10. The second kappa shape index (κ2) is 25.8. The van der Waals surface area contributed by atoms with E-state index < -0.39 is 0 Å². The zero-order valence-electron chi connectivity index (χ0n) is 57.0. The van der Waals surface area contributed by atoms with Gasteiger partial charge in [0, 0.05) is 111 Å². The van der Waals surface area contributed by atoms with Crippen molar-refractivity contribution in [2.45, 2.75) is 0 Å². The molecular formula is C96H58N10. The highest BCUT2D eigenvalue weighted by atomic mass is 14.8. The predicted molar refractivity (Wildman–Crippen MR) is 435 cm³/mol. The van der Waals surface area contributed by atoms with E-state index in [9.17, 15) is 0 Å². The van der Waals surface area contributed by atoms with Crippen molar-refractivity contribution in [3.05, 3.63) is 352 Å². The van der Waals surface area contributed by atoms with E-state index in [1.165, 1.54) is 0 Å². The molecule has 10 heteroatoms. The van der Waals surface area contributed by atoms with Crippen molar-refractivity contribution in [1.29, 1.82) is 0 Å². The lowest BCUT2D eigenvalue weighted by Gasteiger charge is -2.10. The molecule has 0 amide bonds. The van der Waals surface area contributed by atoms with Gasteiger partial charge in [0.05, 0.1) is 95.0 Å². The van der Waals surface area contributed by atoms with Crippen LogP contribution >= 0.6 is 0 Å². The van der Waals surface area contributed by atoms with Crippen LogP contribution < -0.4 is 0 Å². The van der Waals surface area contributed by atoms with Gasteiger partial charge in [-0.05, 0) is 131 Å². The maximum atomic E-state index is 5.15. The summed E-state index contributed by atoms with van der Waals surface area (Å²) in [5.41, 5.74) is 27.7. The van der Waals surface area contributed by atoms with Gasteiger partial charge >= 0.3 is 0 Å². The summed E-state index contributed by atoms with van der Waals surface area (Å²) in [6.45, 7) is 0. The summed E-state index contributed by atoms with van der Waals surface area (Å²) in [4.78, 5) is 49.3. The van der Waals surface area contributed by atoms with Crippen LogP contribution in [0.25, 0.3) is 210 Å². The molecule has 0 fully saturated rings. The van der Waals surface area contributed by atoms with Crippen LogP contribution in [0.4, 0.5) is 0 Å². The van der Waals surface area contributed by atoms with Crippen molar-refractivity contribution >= 4 is 109 Å².